The van der Waals surface area contributed by atoms with E-state index in [9.17, 15) is 9.90 Å². The highest BCUT2D eigenvalue weighted by atomic mass is 35.5. The van der Waals surface area contributed by atoms with Crippen LogP contribution in [0, 0.1) is 0 Å². The van der Waals surface area contributed by atoms with Gasteiger partial charge in [0.2, 0.25) is 5.91 Å². The minimum Gasteiger partial charge on any atom is -0.508 e. The average Bonchev–Trinajstić information content (AvgIpc) is 2.34. The van der Waals surface area contributed by atoms with Gasteiger partial charge in [-0.2, -0.15) is 0 Å². The molecule has 1 amide bonds. The van der Waals surface area contributed by atoms with Crippen molar-refractivity contribution >= 4 is 17.5 Å². The topological polar surface area (TPSA) is 78.6 Å². The molecule has 1 saturated heterocycles. The fourth-order valence-electron chi connectivity index (χ4n) is 2.12. The minimum atomic E-state index is -0.367. The molecular weight excluding hydrogens is 254 g/mol. The number of piperazine rings is 1. The van der Waals surface area contributed by atoms with Crippen molar-refractivity contribution in [2.45, 2.75) is 12.6 Å². The highest BCUT2D eigenvalue weighted by Gasteiger charge is 2.27. The lowest BCUT2D eigenvalue weighted by molar-refractivity contribution is -0.124. The molecule has 1 fully saturated rings. The summed E-state index contributed by atoms with van der Waals surface area (Å²) in [6, 6.07) is 4.63. The number of phenols is 1. The number of hydrogen-bond acceptors (Lipinski definition) is 4. The molecule has 1 atom stereocenters. The Bertz CT molecular complexity index is 433. The van der Waals surface area contributed by atoms with Crippen molar-refractivity contribution < 1.29 is 9.90 Å². The van der Waals surface area contributed by atoms with E-state index in [1.807, 2.05) is 4.90 Å². The molecule has 0 aromatic heterocycles. The number of aromatic hydroxyl groups is 1. The van der Waals surface area contributed by atoms with Gasteiger partial charge in [-0.05, 0) is 12.1 Å². The third kappa shape index (κ3) is 2.75. The zero-order chi connectivity index (χ0) is 13.1. The number of carbonyl (C=O) groups excluding carboxylic acids is 1. The van der Waals surface area contributed by atoms with E-state index in [0.29, 0.717) is 30.2 Å². The zero-order valence-electron chi connectivity index (χ0n) is 9.90. The summed E-state index contributed by atoms with van der Waals surface area (Å²) in [4.78, 5) is 13.3. The summed E-state index contributed by atoms with van der Waals surface area (Å²) in [5.41, 5.74) is 6.00. The van der Waals surface area contributed by atoms with Gasteiger partial charge in [0.05, 0.1) is 0 Å². The summed E-state index contributed by atoms with van der Waals surface area (Å²) >= 11 is 6.06. The molecule has 1 aromatic rings. The maximum absolute atomic E-state index is 11.4. The van der Waals surface area contributed by atoms with Crippen LogP contribution < -0.4 is 11.1 Å². The molecule has 0 aliphatic carbocycles. The van der Waals surface area contributed by atoms with Crippen LogP contribution in [0.25, 0.3) is 0 Å². The molecule has 18 heavy (non-hydrogen) atoms. The Labute approximate surface area is 111 Å². The van der Waals surface area contributed by atoms with Gasteiger partial charge >= 0.3 is 0 Å². The van der Waals surface area contributed by atoms with Gasteiger partial charge in [-0.1, -0.05) is 17.7 Å². The van der Waals surface area contributed by atoms with Crippen LogP contribution in [0.15, 0.2) is 18.2 Å². The standard InChI is InChI=1S/C12H16ClN3O2/c13-9-2-1-3-11(17)8(9)7-16-5-4-15-6-10(16)12(14)18/h1-3,10,15,17H,4-7H2,(H2,14,18). The number of rotatable bonds is 3. The SMILES string of the molecule is NC(=O)C1CNCCN1Cc1c(O)cccc1Cl. The summed E-state index contributed by atoms with van der Waals surface area (Å²) in [6.45, 7) is 2.43. The molecule has 0 spiro atoms. The van der Waals surface area contributed by atoms with Gasteiger partial charge in [-0.15, -0.1) is 0 Å². The summed E-state index contributed by atoms with van der Waals surface area (Å²) in [5.74, 6) is -0.224. The number of carbonyl (C=O) groups is 1. The van der Waals surface area contributed by atoms with Crippen molar-refractivity contribution in [3.8, 4) is 5.75 Å². The first-order valence-corrected chi connectivity index (χ1v) is 6.18. The number of halogens is 1. The highest BCUT2D eigenvalue weighted by molar-refractivity contribution is 6.31. The van der Waals surface area contributed by atoms with Gasteiger partial charge in [0.15, 0.2) is 0 Å². The normalized spacial score (nSPS) is 20.8. The smallest absolute Gasteiger partial charge is 0.236 e. The molecule has 2 rings (SSSR count). The molecule has 4 N–H and O–H groups in total. The van der Waals surface area contributed by atoms with Crippen LogP contribution in [0.4, 0.5) is 0 Å². The Morgan fingerprint density at radius 1 is 1.61 bits per heavy atom. The molecule has 1 aliphatic rings. The first kappa shape index (κ1) is 13.1. The van der Waals surface area contributed by atoms with E-state index < -0.39 is 0 Å². The summed E-state index contributed by atoms with van der Waals surface area (Å²) in [7, 11) is 0. The number of benzene rings is 1. The van der Waals surface area contributed by atoms with Crippen LogP contribution in [0.1, 0.15) is 5.56 Å². The second-order valence-electron chi connectivity index (χ2n) is 4.33. The van der Waals surface area contributed by atoms with Crippen molar-refractivity contribution in [1.29, 1.82) is 0 Å². The maximum atomic E-state index is 11.4. The maximum Gasteiger partial charge on any atom is 0.236 e. The van der Waals surface area contributed by atoms with E-state index in [0.717, 1.165) is 6.54 Å². The van der Waals surface area contributed by atoms with Gasteiger partial charge in [-0.3, -0.25) is 9.69 Å². The van der Waals surface area contributed by atoms with E-state index in [1.54, 1.807) is 18.2 Å². The number of amides is 1. The Morgan fingerprint density at radius 3 is 3.06 bits per heavy atom. The molecule has 6 heteroatoms. The number of nitrogens with zero attached hydrogens (tertiary/aromatic N) is 1. The van der Waals surface area contributed by atoms with Crippen molar-refractivity contribution in [2.75, 3.05) is 19.6 Å². The van der Waals surface area contributed by atoms with Crippen molar-refractivity contribution in [1.82, 2.24) is 10.2 Å². The first-order chi connectivity index (χ1) is 8.59. The van der Waals surface area contributed by atoms with E-state index in [2.05, 4.69) is 5.32 Å². The van der Waals surface area contributed by atoms with Crippen molar-refractivity contribution in [3.63, 3.8) is 0 Å². The highest BCUT2D eigenvalue weighted by Crippen LogP contribution is 2.27. The lowest BCUT2D eigenvalue weighted by atomic mass is 10.1. The van der Waals surface area contributed by atoms with Crippen LogP contribution in [0.2, 0.25) is 5.02 Å². The fraction of sp³-hybridized carbons (Fsp3) is 0.417. The molecule has 1 aromatic carbocycles. The Morgan fingerprint density at radius 2 is 2.39 bits per heavy atom. The molecule has 0 saturated carbocycles. The predicted molar refractivity (Wildman–Crippen MR) is 69.4 cm³/mol. The molecule has 0 radical (unpaired) electrons. The van der Waals surface area contributed by atoms with Gasteiger partial charge in [0, 0.05) is 36.8 Å². The van der Waals surface area contributed by atoms with Gasteiger partial charge in [0.1, 0.15) is 11.8 Å². The average molecular weight is 270 g/mol. The van der Waals surface area contributed by atoms with Crippen LogP contribution in [0.3, 0.4) is 0 Å². The third-order valence-corrected chi connectivity index (χ3v) is 3.49. The summed E-state index contributed by atoms with van der Waals surface area (Å²) < 4.78 is 0. The molecule has 1 heterocycles. The summed E-state index contributed by atoms with van der Waals surface area (Å²) in [5, 5.41) is 13.4. The molecule has 98 valence electrons. The second kappa shape index (κ2) is 5.56. The number of nitrogens with one attached hydrogen (secondary N) is 1. The minimum absolute atomic E-state index is 0.143. The Balaban J connectivity index is 2.18. The third-order valence-electron chi connectivity index (χ3n) is 3.14. The van der Waals surface area contributed by atoms with Gasteiger partial charge in [0.25, 0.3) is 0 Å². The molecule has 1 unspecified atom stereocenters. The van der Waals surface area contributed by atoms with Crippen LogP contribution in [-0.2, 0) is 11.3 Å². The van der Waals surface area contributed by atoms with Crippen LogP contribution >= 0.6 is 11.6 Å². The number of primary amides is 1. The molecule has 5 nitrogen and oxygen atoms in total. The van der Waals surface area contributed by atoms with Gasteiger partial charge < -0.3 is 16.2 Å². The summed E-state index contributed by atoms with van der Waals surface area (Å²) in [6.07, 6.45) is 0. The largest absolute Gasteiger partial charge is 0.508 e. The fourth-order valence-corrected chi connectivity index (χ4v) is 2.35. The van der Waals surface area contributed by atoms with Gasteiger partial charge in [-0.25, -0.2) is 0 Å². The Hall–Kier alpha value is -1.30. The van der Waals surface area contributed by atoms with E-state index in [4.69, 9.17) is 17.3 Å². The van der Waals surface area contributed by atoms with Crippen molar-refractivity contribution in [2.24, 2.45) is 5.73 Å². The number of nitrogens with two attached hydrogens (primary N) is 1. The molecule has 1 aliphatic heterocycles. The quantitative estimate of drug-likeness (QED) is 0.738. The van der Waals surface area contributed by atoms with Crippen LogP contribution in [0.5, 0.6) is 5.75 Å². The lowest BCUT2D eigenvalue weighted by Gasteiger charge is -2.34. The predicted octanol–water partition coefficient (Wildman–Crippen LogP) is 0.305. The van der Waals surface area contributed by atoms with Crippen molar-refractivity contribution in [3.05, 3.63) is 28.8 Å². The molecular formula is C12H16ClN3O2. The Kier molecular flexibility index (Phi) is 4.06. The van der Waals surface area contributed by atoms with E-state index >= 15 is 0 Å². The second-order valence-corrected chi connectivity index (χ2v) is 4.74. The van der Waals surface area contributed by atoms with E-state index in [1.165, 1.54) is 0 Å². The number of phenolic OH excluding ortho intramolecular Hbond substituents is 1. The monoisotopic (exact) mass is 269 g/mol. The lowest BCUT2D eigenvalue weighted by Crippen LogP contribution is -2.56. The van der Waals surface area contributed by atoms with Crippen LogP contribution in [-0.4, -0.2) is 41.6 Å². The zero-order valence-corrected chi connectivity index (χ0v) is 10.7. The number of hydrogen-bond donors (Lipinski definition) is 3. The first-order valence-electron chi connectivity index (χ1n) is 5.80. The van der Waals surface area contributed by atoms with E-state index in [-0.39, 0.29) is 17.7 Å². The molecule has 0 bridgehead atoms.